The molecule has 0 aliphatic rings. The highest BCUT2D eigenvalue weighted by Crippen LogP contribution is 2.14. The average Bonchev–Trinajstić information content (AvgIpc) is 2.81. The van der Waals surface area contributed by atoms with Crippen molar-refractivity contribution in [2.24, 2.45) is 0 Å². The Morgan fingerprint density at radius 2 is 1.28 bits per heavy atom. The zero-order valence-corrected chi connectivity index (χ0v) is 21.3. The minimum absolute atomic E-state index is 0.159. The van der Waals surface area contributed by atoms with Gasteiger partial charge in [-0.1, -0.05) is 127 Å². The van der Waals surface area contributed by atoms with Gasteiger partial charge in [0.15, 0.2) is 0 Å². The molecule has 0 spiro atoms. The van der Waals surface area contributed by atoms with Crippen LogP contribution >= 0.6 is 11.6 Å². The minimum atomic E-state index is -0.371. The quantitative estimate of drug-likeness (QED) is 0.0973. The maximum Gasteiger partial charge on any atom is 0.306 e. The van der Waals surface area contributed by atoms with Gasteiger partial charge < -0.3 is 9.47 Å². The maximum absolute atomic E-state index is 12.0. The summed E-state index contributed by atoms with van der Waals surface area (Å²) in [5, 5.41) is 0. The summed E-state index contributed by atoms with van der Waals surface area (Å²) in [5.74, 6) is 0.105. The van der Waals surface area contributed by atoms with Gasteiger partial charge in [0.2, 0.25) is 0 Å². The smallest absolute Gasteiger partial charge is 0.306 e. The Kier molecular flexibility index (Phi) is 19.7. The van der Waals surface area contributed by atoms with Gasteiger partial charge in [0.05, 0.1) is 19.1 Å². The predicted molar refractivity (Wildman–Crippen MR) is 136 cm³/mol. The second-order valence-corrected chi connectivity index (χ2v) is 9.28. The second kappa shape index (κ2) is 21.8. The zero-order valence-electron chi connectivity index (χ0n) is 20.5. The molecule has 1 aromatic rings. The summed E-state index contributed by atoms with van der Waals surface area (Å²) < 4.78 is 11.1. The van der Waals surface area contributed by atoms with Crippen molar-refractivity contribution in [2.75, 3.05) is 12.5 Å². The van der Waals surface area contributed by atoms with Crippen molar-refractivity contribution < 1.29 is 14.3 Å². The molecule has 0 saturated heterocycles. The molecule has 1 atom stereocenters. The highest BCUT2D eigenvalue weighted by Gasteiger charge is 2.13. The summed E-state index contributed by atoms with van der Waals surface area (Å²) in [6.45, 7) is 3.12. The highest BCUT2D eigenvalue weighted by atomic mass is 35.5. The Morgan fingerprint density at radius 3 is 1.78 bits per heavy atom. The van der Waals surface area contributed by atoms with Gasteiger partial charge in [-0.3, -0.25) is 4.79 Å². The fraction of sp³-hybridized carbons (Fsp3) is 0.750. The number of unbranched alkanes of at least 4 members (excludes halogenated alkanes) is 14. The van der Waals surface area contributed by atoms with Gasteiger partial charge >= 0.3 is 5.97 Å². The summed E-state index contributed by atoms with van der Waals surface area (Å²) in [6, 6.07) is 9.96. The molecular formula is C28H47ClO3. The Bertz CT molecular complexity index is 535. The summed E-state index contributed by atoms with van der Waals surface area (Å²) in [4.78, 5) is 12.0. The first-order valence-corrected chi connectivity index (χ1v) is 13.7. The number of alkyl halides is 1. The minimum Gasteiger partial charge on any atom is -0.459 e. The fourth-order valence-corrected chi connectivity index (χ4v) is 4.03. The first-order valence-electron chi connectivity index (χ1n) is 13.1. The number of esters is 1. The molecule has 0 aliphatic heterocycles. The molecule has 0 bridgehead atoms. The van der Waals surface area contributed by atoms with Crippen LogP contribution in [0.2, 0.25) is 0 Å². The molecule has 0 saturated carbocycles. The lowest BCUT2D eigenvalue weighted by atomic mass is 10.0. The highest BCUT2D eigenvalue weighted by molar-refractivity contribution is 6.18. The molecule has 0 amide bonds. The van der Waals surface area contributed by atoms with Crippen LogP contribution in [-0.2, 0) is 20.9 Å². The molecule has 0 aliphatic carbocycles. The van der Waals surface area contributed by atoms with E-state index in [0.29, 0.717) is 19.6 Å². The van der Waals surface area contributed by atoms with Crippen molar-refractivity contribution in [1.82, 2.24) is 0 Å². The normalized spacial score (nSPS) is 12.1. The molecular weight excluding hydrogens is 420 g/mol. The summed E-state index contributed by atoms with van der Waals surface area (Å²) in [7, 11) is 0. The Morgan fingerprint density at radius 1 is 0.781 bits per heavy atom. The van der Waals surface area contributed by atoms with Crippen molar-refractivity contribution >= 4 is 17.6 Å². The predicted octanol–water partition coefficient (Wildman–Crippen LogP) is 8.62. The topological polar surface area (TPSA) is 35.5 Å². The Balaban J connectivity index is 1.88. The lowest BCUT2D eigenvalue weighted by Gasteiger charge is -2.15. The van der Waals surface area contributed by atoms with Gasteiger partial charge in [-0.25, -0.2) is 0 Å². The van der Waals surface area contributed by atoms with E-state index in [0.717, 1.165) is 18.4 Å². The van der Waals surface area contributed by atoms with Crippen LogP contribution in [0.25, 0.3) is 0 Å². The van der Waals surface area contributed by atoms with Crippen LogP contribution in [0.1, 0.15) is 115 Å². The van der Waals surface area contributed by atoms with E-state index in [9.17, 15) is 4.79 Å². The van der Waals surface area contributed by atoms with Crippen LogP contribution in [0.5, 0.6) is 0 Å². The van der Waals surface area contributed by atoms with Gasteiger partial charge in [-0.15, -0.1) is 11.6 Å². The molecule has 0 radical (unpaired) electrons. The third-order valence-electron chi connectivity index (χ3n) is 5.87. The number of hydrogen-bond acceptors (Lipinski definition) is 3. The van der Waals surface area contributed by atoms with Crippen molar-refractivity contribution in [3.63, 3.8) is 0 Å². The summed E-state index contributed by atoms with van der Waals surface area (Å²) in [6.07, 6.45) is 19.9. The van der Waals surface area contributed by atoms with Gasteiger partial charge in [0.1, 0.15) is 6.10 Å². The molecule has 0 aromatic heterocycles. The van der Waals surface area contributed by atoms with E-state index < -0.39 is 0 Å². The van der Waals surface area contributed by atoms with Crippen LogP contribution in [0.15, 0.2) is 30.3 Å². The molecule has 3 nitrogen and oxygen atoms in total. The van der Waals surface area contributed by atoms with E-state index in [1.165, 1.54) is 83.5 Å². The monoisotopic (exact) mass is 466 g/mol. The van der Waals surface area contributed by atoms with E-state index in [1.54, 1.807) is 0 Å². The van der Waals surface area contributed by atoms with E-state index in [-0.39, 0.29) is 18.0 Å². The van der Waals surface area contributed by atoms with Crippen LogP contribution in [0.3, 0.4) is 0 Å². The Labute approximate surface area is 202 Å². The first kappa shape index (κ1) is 29.0. The zero-order chi connectivity index (χ0) is 23.1. The average molecular weight is 467 g/mol. The van der Waals surface area contributed by atoms with Crippen molar-refractivity contribution in [1.29, 1.82) is 0 Å². The SMILES string of the molecule is CCCCCCCCCCCCCCCCCC(=O)O[C@@H](CCl)COCc1ccccc1. The number of carbonyl (C=O) groups excluding carboxylic acids is 1. The molecule has 0 unspecified atom stereocenters. The molecule has 0 heterocycles. The molecule has 0 N–H and O–H groups in total. The number of halogens is 1. The van der Waals surface area contributed by atoms with E-state index in [2.05, 4.69) is 6.92 Å². The van der Waals surface area contributed by atoms with E-state index in [4.69, 9.17) is 21.1 Å². The van der Waals surface area contributed by atoms with Crippen molar-refractivity contribution in [2.45, 2.75) is 122 Å². The van der Waals surface area contributed by atoms with Crippen LogP contribution in [0, 0.1) is 0 Å². The standard InChI is InChI=1S/C28H47ClO3/c1-2-3-4-5-6-7-8-9-10-11-12-13-14-15-19-22-28(30)32-27(23-29)25-31-24-26-20-17-16-18-21-26/h16-18,20-21,27H,2-15,19,22-25H2,1H3/t27-/m0/s1. The second-order valence-electron chi connectivity index (χ2n) is 8.97. The van der Waals surface area contributed by atoms with Crippen LogP contribution < -0.4 is 0 Å². The maximum atomic E-state index is 12.0. The number of rotatable bonds is 22. The molecule has 1 aromatic carbocycles. The van der Waals surface area contributed by atoms with Crippen molar-refractivity contribution in [3.05, 3.63) is 35.9 Å². The van der Waals surface area contributed by atoms with E-state index >= 15 is 0 Å². The number of carbonyl (C=O) groups is 1. The van der Waals surface area contributed by atoms with Gasteiger partial charge in [0, 0.05) is 6.42 Å². The lowest BCUT2D eigenvalue weighted by molar-refractivity contribution is -0.151. The van der Waals surface area contributed by atoms with Gasteiger partial charge in [0.25, 0.3) is 0 Å². The number of hydrogen-bond donors (Lipinski definition) is 0. The molecule has 1 rings (SSSR count). The first-order chi connectivity index (χ1) is 15.8. The van der Waals surface area contributed by atoms with Crippen molar-refractivity contribution in [3.8, 4) is 0 Å². The molecule has 184 valence electrons. The molecule has 32 heavy (non-hydrogen) atoms. The third-order valence-corrected chi connectivity index (χ3v) is 6.21. The summed E-state index contributed by atoms with van der Waals surface area (Å²) >= 11 is 5.93. The fourth-order valence-electron chi connectivity index (χ4n) is 3.88. The van der Waals surface area contributed by atoms with Crippen LogP contribution in [-0.4, -0.2) is 24.6 Å². The molecule has 4 heteroatoms. The lowest BCUT2D eigenvalue weighted by Crippen LogP contribution is -2.25. The van der Waals surface area contributed by atoms with E-state index in [1.807, 2.05) is 30.3 Å². The summed E-state index contributed by atoms with van der Waals surface area (Å²) in [5.41, 5.74) is 1.10. The Hall–Kier alpha value is -1.06. The number of benzene rings is 1. The molecule has 0 fully saturated rings. The van der Waals surface area contributed by atoms with Crippen LogP contribution in [0.4, 0.5) is 0 Å². The number of ether oxygens (including phenoxy) is 2. The van der Waals surface area contributed by atoms with Gasteiger partial charge in [-0.2, -0.15) is 0 Å². The van der Waals surface area contributed by atoms with Gasteiger partial charge in [-0.05, 0) is 12.0 Å². The largest absolute Gasteiger partial charge is 0.459 e. The third kappa shape index (κ3) is 17.5.